The first-order valence-electron chi connectivity index (χ1n) is 6.08. The zero-order valence-electron chi connectivity index (χ0n) is 11.3. The first-order chi connectivity index (χ1) is 10.2. The fourth-order valence-electron chi connectivity index (χ4n) is 1.47. The quantitative estimate of drug-likeness (QED) is 0.652. The molecule has 10 heteroatoms. The summed E-state index contributed by atoms with van der Waals surface area (Å²) in [5.74, 6) is -2.93. The summed E-state index contributed by atoms with van der Waals surface area (Å²) in [4.78, 5) is 34.8. The average Bonchev–Trinajstić information content (AvgIpc) is 2.83. The maximum Gasteiger partial charge on any atom is 0.326 e. The van der Waals surface area contributed by atoms with Gasteiger partial charge in [0.25, 0.3) is 5.91 Å². The average molecular weight is 399 g/mol. The molecule has 1 rings (SSSR count). The lowest BCUT2D eigenvalue weighted by molar-refractivity contribution is -0.143. The van der Waals surface area contributed by atoms with E-state index in [0.29, 0.717) is 4.88 Å². The van der Waals surface area contributed by atoms with Gasteiger partial charge in [0.15, 0.2) is 0 Å². The molecular weight excluding hydrogens is 386 g/mol. The predicted molar refractivity (Wildman–Crippen MR) is 79.1 cm³/mol. The van der Waals surface area contributed by atoms with E-state index >= 15 is 0 Å². The van der Waals surface area contributed by atoms with Crippen molar-refractivity contribution in [1.29, 1.82) is 0 Å². The Morgan fingerprint density at radius 2 is 1.95 bits per heavy atom. The van der Waals surface area contributed by atoms with Gasteiger partial charge in [-0.05, 0) is 35.0 Å². The van der Waals surface area contributed by atoms with Crippen LogP contribution in [0.5, 0.6) is 0 Å². The van der Waals surface area contributed by atoms with Crippen molar-refractivity contribution in [1.82, 2.24) is 10.6 Å². The molecule has 1 aromatic rings. The van der Waals surface area contributed by atoms with Crippen LogP contribution in [-0.4, -0.2) is 41.4 Å². The highest BCUT2D eigenvalue weighted by Gasteiger charge is 2.27. The van der Waals surface area contributed by atoms with Crippen LogP contribution >= 0.6 is 27.3 Å². The van der Waals surface area contributed by atoms with Crippen LogP contribution in [0.15, 0.2) is 15.9 Å². The van der Waals surface area contributed by atoms with E-state index in [1.165, 1.54) is 6.92 Å². The van der Waals surface area contributed by atoms with Crippen LogP contribution in [0, 0.1) is 0 Å². The second kappa shape index (κ2) is 8.18. The number of alkyl halides is 2. The van der Waals surface area contributed by atoms with Gasteiger partial charge < -0.3 is 15.7 Å². The van der Waals surface area contributed by atoms with E-state index in [-0.39, 0.29) is 0 Å². The Balaban J connectivity index is 2.60. The zero-order valence-corrected chi connectivity index (χ0v) is 13.7. The Morgan fingerprint density at radius 1 is 1.32 bits per heavy atom. The Morgan fingerprint density at radius 3 is 2.41 bits per heavy atom. The molecular formula is C12H13BrF2N2O4S. The summed E-state index contributed by atoms with van der Waals surface area (Å²) in [5, 5.41) is 13.1. The van der Waals surface area contributed by atoms with Gasteiger partial charge in [0.1, 0.15) is 12.1 Å². The number of aliphatic carboxylic acids is 1. The molecule has 6 nitrogen and oxygen atoms in total. The van der Waals surface area contributed by atoms with Gasteiger partial charge in [0.2, 0.25) is 12.3 Å². The molecule has 122 valence electrons. The van der Waals surface area contributed by atoms with Gasteiger partial charge in [-0.2, -0.15) is 0 Å². The lowest BCUT2D eigenvalue weighted by Crippen LogP contribution is -2.50. The van der Waals surface area contributed by atoms with E-state index in [2.05, 4.69) is 21.2 Å². The molecule has 0 saturated heterocycles. The molecule has 0 aromatic carbocycles. The summed E-state index contributed by atoms with van der Waals surface area (Å²) < 4.78 is 25.2. The number of amides is 2. The Hall–Kier alpha value is -1.55. The number of halogens is 3. The van der Waals surface area contributed by atoms with Crippen LogP contribution < -0.4 is 10.6 Å². The Labute approximate surface area is 137 Å². The second-order valence-electron chi connectivity index (χ2n) is 4.33. The van der Waals surface area contributed by atoms with Gasteiger partial charge in [-0.25, -0.2) is 13.6 Å². The highest BCUT2D eigenvalue weighted by Crippen LogP contribution is 2.21. The monoisotopic (exact) mass is 398 g/mol. The second-order valence-corrected chi connectivity index (χ2v) is 6.79. The number of hydrogen-bond donors (Lipinski definition) is 3. The van der Waals surface area contributed by atoms with Gasteiger partial charge in [0.05, 0.1) is 8.66 Å². The number of thiophene rings is 1. The van der Waals surface area contributed by atoms with Crippen LogP contribution in [0.1, 0.15) is 23.0 Å². The molecule has 0 aliphatic heterocycles. The van der Waals surface area contributed by atoms with Crippen molar-refractivity contribution in [2.75, 3.05) is 0 Å². The van der Waals surface area contributed by atoms with Crippen LogP contribution in [0.3, 0.4) is 0 Å². The predicted octanol–water partition coefficient (Wildman–Crippen LogP) is 1.85. The molecule has 2 amide bonds. The van der Waals surface area contributed by atoms with Gasteiger partial charge in [-0.15, -0.1) is 11.3 Å². The lowest BCUT2D eigenvalue weighted by Gasteiger charge is -2.18. The van der Waals surface area contributed by atoms with Gasteiger partial charge in [-0.3, -0.25) is 9.59 Å². The third kappa shape index (κ3) is 5.68. The van der Waals surface area contributed by atoms with E-state index in [1.54, 1.807) is 12.1 Å². The SMILES string of the molecule is CC(NC(=O)c1ccc(Br)s1)C(=O)NC(CC(F)F)C(=O)O. The fraction of sp³-hybridized carbons (Fsp3) is 0.417. The molecule has 0 radical (unpaired) electrons. The summed E-state index contributed by atoms with van der Waals surface area (Å²) in [6.45, 7) is 1.33. The van der Waals surface area contributed by atoms with Gasteiger partial charge in [-0.1, -0.05) is 0 Å². The van der Waals surface area contributed by atoms with Crippen LogP contribution in [0.2, 0.25) is 0 Å². The topological polar surface area (TPSA) is 95.5 Å². The number of rotatable bonds is 7. The molecule has 1 aromatic heterocycles. The molecule has 2 unspecified atom stereocenters. The number of carbonyl (C=O) groups excluding carboxylic acids is 2. The van der Waals surface area contributed by atoms with E-state index in [9.17, 15) is 23.2 Å². The molecule has 0 aliphatic rings. The summed E-state index contributed by atoms with van der Waals surface area (Å²) in [5.41, 5.74) is 0. The first kappa shape index (κ1) is 18.5. The molecule has 0 aliphatic carbocycles. The van der Waals surface area contributed by atoms with Crippen molar-refractivity contribution >= 4 is 45.1 Å². The standard InChI is InChI=1S/C12H13BrF2N2O4S/c1-5(16-11(19)7-2-3-8(13)22-7)10(18)17-6(12(20)21)4-9(14)15/h2-3,5-6,9H,4H2,1H3,(H,16,19)(H,17,18)(H,20,21). The van der Waals surface area contributed by atoms with E-state index in [0.717, 1.165) is 15.1 Å². The minimum absolute atomic E-state index is 0.355. The third-order valence-corrected chi connectivity index (χ3v) is 4.19. The number of hydrogen-bond acceptors (Lipinski definition) is 4. The lowest BCUT2D eigenvalue weighted by atomic mass is 10.2. The van der Waals surface area contributed by atoms with Crippen molar-refractivity contribution in [3.8, 4) is 0 Å². The largest absolute Gasteiger partial charge is 0.480 e. The molecule has 3 N–H and O–H groups in total. The normalized spacial score (nSPS) is 13.5. The summed E-state index contributed by atoms with van der Waals surface area (Å²) in [7, 11) is 0. The van der Waals surface area contributed by atoms with Gasteiger partial charge >= 0.3 is 5.97 Å². The van der Waals surface area contributed by atoms with Crippen LogP contribution in [0.25, 0.3) is 0 Å². The Kier molecular flexibility index (Phi) is 6.88. The summed E-state index contributed by atoms with van der Waals surface area (Å²) in [6, 6.07) is 0.439. The minimum atomic E-state index is -2.87. The molecule has 0 fully saturated rings. The van der Waals surface area contributed by atoms with E-state index in [4.69, 9.17) is 5.11 Å². The van der Waals surface area contributed by atoms with Crippen molar-refractivity contribution in [2.24, 2.45) is 0 Å². The highest BCUT2D eigenvalue weighted by atomic mass is 79.9. The smallest absolute Gasteiger partial charge is 0.326 e. The summed E-state index contributed by atoms with van der Waals surface area (Å²) >= 11 is 4.35. The molecule has 0 bridgehead atoms. The highest BCUT2D eigenvalue weighted by molar-refractivity contribution is 9.11. The van der Waals surface area contributed by atoms with Crippen molar-refractivity contribution < 1.29 is 28.3 Å². The Bertz CT molecular complexity index is 567. The molecule has 22 heavy (non-hydrogen) atoms. The number of carboxylic acids is 1. The fourth-order valence-corrected chi connectivity index (χ4v) is 2.76. The molecule has 0 spiro atoms. The third-order valence-electron chi connectivity index (χ3n) is 2.57. The number of carbonyl (C=O) groups is 3. The maximum absolute atomic E-state index is 12.2. The van der Waals surface area contributed by atoms with Gasteiger partial charge in [0, 0.05) is 6.42 Å². The van der Waals surface area contributed by atoms with Crippen molar-refractivity contribution in [3.05, 3.63) is 20.8 Å². The van der Waals surface area contributed by atoms with E-state index in [1.807, 2.05) is 5.32 Å². The minimum Gasteiger partial charge on any atom is -0.480 e. The molecule has 1 heterocycles. The number of nitrogens with one attached hydrogen (secondary N) is 2. The van der Waals surface area contributed by atoms with Crippen LogP contribution in [-0.2, 0) is 9.59 Å². The van der Waals surface area contributed by atoms with Crippen molar-refractivity contribution in [3.63, 3.8) is 0 Å². The van der Waals surface area contributed by atoms with Crippen LogP contribution in [0.4, 0.5) is 8.78 Å². The van der Waals surface area contributed by atoms with Crippen molar-refractivity contribution in [2.45, 2.75) is 31.9 Å². The molecule has 2 atom stereocenters. The maximum atomic E-state index is 12.2. The number of carboxylic acid groups (broad SMARTS) is 1. The van der Waals surface area contributed by atoms with E-state index < -0.39 is 42.7 Å². The summed E-state index contributed by atoms with van der Waals surface area (Å²) in [6.07, 6.45) is -3.87. The first-order valence-corrected chi connectivity index (χ1v) is 7.69. The zero-order chi connectivity index (χ0) is 16.9. The molecule has 0 saturated carbocycles.